The van der Waals surface area contributed by atoms with Gasteiger partial charge in [0.2, 0.25) is 5.91 Å². The van der Waals surface area contributed by atoms with E-state index in [9.17, 15) is 9.59 Å². The summed E-state index contributed by atoms with van der Waals surface area (Å²) in [5, 5.41) is 9.46. The van der Waals surface area contributed by atoms with Crippen LogP contribution in [0.4, 0.5) is 0 Å². The van der Waals surface area contributed by atoms with E-state index >= 15 is 0 Å². The van der Waals surface area contributed by atoms with Crippen molar-refractivity contribution in [1.29, 1.82) is 0 Å². The number of rotatable bonds is 3. The van der Waals surface area contributed by atoms with Crippen LogP contribution in [0.25, 0.3) is 0 Å². The number of nitrogens with zero attached hydrogens (tertiary/aromatic N) is 1. The molecule has 0 spiro atoms. The Balaban J connectivity index is 2.70. The highest BCUT2D eigenvalue weighted by molar-refractivity contribution is 8.00. The number of carboxylic acid groups (broad SMARTS) is 1. The van der Waals surface area contributed by atoms with Crippen molar-refractivity contribution >= 4 is 23.6 Å². The summed E-state index contributed by atoms with van der Waals surface area (Å²) in [5.74, 6) is -0.414. The second-order valence-electron chi connectivity index (χ2n) is 4.58. The largest absolute Gasteiger partial charge is 0.480 e. The first-order chi connectivity index (χ1) is 7.39. The third-order valence-corrected chi connectivity index (χ3v) is 4.32. The van der Waals surface area contributed by atoms with Crippen LogP contribution in [0, 0.1) is 5.41 Å². The lowest BCUT2D eigenvalue weighted by Gasteiger charge is -2.35. The first kappa shape index (κ1) is 13.4. The molecule has 1 amide bonds. The number of hydrogen-bond acceptors (Lipinski definition) is 3. The van der Waals surface area contributed by atoms with Crippen LogP contribution in [-0.4, -0.2) is 46.0 Å². The predicted molar refractivity (Wildman–Crippen MR) is 64.5 cm³/mol. The first-order valence-corrected chi connectivity index (χ1v) is 6.58. The highest BCUT2D eigenvalue weighted by atomic mass is 32.2. The van der Waals surface area contributed by atoms with Crippen LogP contribution in [0.15, 0.2) is 0 Å². The Labute approximate surface area is 100 Å². The maximum Gasteiger partial charge on any atom is 0.318 e. The van der Waals surface area contributed by atoms with Gasteiger partial charge in [-0.2, -0.15) is 11.8 Å². The van der Waals surface area contributed by atoms with Crippen LogP contribution < -0.4 is 0 Å². The second kappa shape index (κ2) is 5.08. The lowest BCUT2D eigenvalue weighted by Crippen LogP contribution is -2.50. The van der Waals surface area contributed by atoms with Crippen molar-refractivity contribution in [2.45, 2.75) is 32.4 Å². The Kier molecular flexibility index (Phi) is 4.24. The van der Waals surface area contributed by atoms with Gasteiger partial charge in [0.25, 0.3) is 0 Å². The number of hydrogen-bond donors (Lipinski definition) is 1. The first-order valence-electron chi connectivity index (χ1n) is 5.54. The third kappa shape index (κ3) is 2.70. The van der Waals surface area contributed by atoms with Gasteiger partial charge in [0.1, 0.15) is 5.41 Å². The van der Waals surface area contributed by atoms with Gasteiger partial charge in [0.05, 0.1) is 0 Å². The van der Waals surface area contributed by atoms with Crippen LogP contribution in [0.3, 0.4) is 0 Å². The fourth-order valence-electron chi connectivity index (χ4n) is 1.64. The molecule has 4 nitrogen and oxygen atoms in total. The summed E-state index contributed by atoms with van der Waals surface area (Å²) in [4.78, 5) is 24.8. The molecule has 5 heteroatoms. The lowest BCUT2D eigenvalue weighted by atomic mass is 9.91. The summed E-state index contributed by atoms with van der Waals surface area (Å²) >= 11 is 1.86. The molecule has 92 valence electrons. The summed E-state index contributed by atoms with van der Waals surface area (Å²) in [6.45, 7) is 6.38. The van der Waals surface area contributed by atoms with Gasteiger partial charge in [-0.3, -0.25) is 9.59 Å². The molecular weight excluding hydrogens is 226 g/mol. The lowest BCUT2D eigenvalue weighted by molar-refractivity contribution is -0.158. The molecule has 0 saturated carbocycles. The van der Waals surface area contributed by atoms with Crippen molar-refractivity contribution < 1.29 is 14.7 Å². The molecule has 1 atom stereocenters. The van der Waals surface area contributed by atoms with Gasteiger partial charge in [-0.05, 0) is 20.3 Å². The molecule has 0 aromatic heterocycles. The highest BCUT2D eigenvalue weighted by Crippen LogP contribution is 2.26. The topological polar surface area (TPSA) is 57.6 Å². The maximum absolute atomic E-state index is 12.1. The molecule has 1 saturated heterocycles. The molecule has 0 bridgehead atoms. The number of amides is 1. The molecule has 0 aliphatic carbocycles. The zero-order chi connectivity index (χ0) is 12.3. The van der Waals surface area contributed by atoms with E-state index in [1.165, 1.54) is 13.8 Å². The van der Waals surface area contributed by atoms with Crippen LogP contribution in [0.5, 0.6) is 0 Å². The van der Waals surface area contributed by atoms with Gasteiger partial charge in [-0.1, -0.05) is 6.92 Å². The van der Waals surface area contributed by atoms with Crippen molar-refractivity contribution in [2.75, 3.05) is 18.8 Å². The fourth-order valence-corrected chi connectivity index (χ4v) is 2.82. The number of carboxylic acids is 1. The monoisotopic (exact) mass is 245 g/mol. The van der Waals surface area contributed by atoms with E-state index in [-0.39, 0.29) is 5.91 Å². The average Bonchev–Trinajstić information content (AvgIpc) is 2.27. The van der Waals surface area contributed by atoms with Crippen molar-refractivity contribution in [1.82, 2.24) is 4.90 Å². The van der Waals surface area contributed by atoms with Crippen LogP contribution in [0.2, 0.25) is 0 Å². The summed E-state index contributed by atoms with van der Waals surface area (Å²) in [7, 11) is 0. The Morgan fingerprint density at radius 1 is 1.50 bits per heavy atom. The predicted octanol–water partition coefficient (Wildman–Crippen LogP) is 1.45. The molecule has 1 rings (SSSR count). The second-order valence-corrected chi connectivity index (χ2v) is 5.99. The zero-order valence-corrected chi connectivity index (χ0v) is 10.8. The Morgan fingerprint density at radius 2 is 2.12 bits per heavy atom. The van der Waals surface area contributed by atoms with E-state index in [4.69, 9.17) is 5.11 Å². The van der Waals surface area contributed by atoms with Gasteiger partial charge in [0, 0.05) is 24.1 Å². The third-order valence-electron chi connectivity index (χ3n) is 2.95. The molecule has 16 heavy (non-hydrogen) atoms. The van der Waals surface area contributed by atoms with Gasteiger partial charge in [-0.15, -0.1) is 0 Å². The minimum atomic E-state index is -1.31. The molecule has 1 fully saturated rings. The molecular formula is C11H19NO3S. The van der Waals surface area contributed by atoms with E-state index in [1.807, 2.05) is 11.8 Å². The standard InChI is InChI=1S/C11H19NO3S/c1-4-8-7-12(5-6-16-8)9(13)11(2,3)10(14)15/h8H,4-7H2,1-3H3,(H,14,15). The minimum Gasteiger partial charge on any atom is -0.480 e. The van der Waals surface area contributed by atoms with E-state index in [2.05, 4.69) is 6.92 Å². The number of carbonyl (C=O) groups excluding carboxylic acids is 1. The molecule has 1 aliphatic rings. The summed E-state index contributed by atoms with van der Waals surface area (Å²) in [6, 6.07) is 0. The molecule has 1 heterocycles. The highest BCUT2D eigenvalue weighted by Gasteiger charge is 2.40. The van der Waals surface area contributed by atoms with Gasteiger partial charge < -0.3 is 10.0 Å². The van der Waals surface area contributed by atoms with E-state index < -0.39 is 11.4 Å². The number of thioether (sulfide) groups is 1. The Hall–Kier alpha value is -0.710. The Bertz CT molecular complexity index is 291. The van der Waals surface area contributed by atoms with Crippen molar-refractivity contribution in [3.8, 4) is 0 Å². The van der Waals surface area contributed by atoms with Crippen LogP contribution in [-0.2, 0) is 9.59 Å². The molecule has 1 N–H and O–H groups in total. The Morgan fingerprint density at radius 3 is 2.62 bits per heavy atom. The van der Waals surface area contributed by atoms with Gasteiger partial charge in [0.15, 0.2) is 0 Å². The maximum atomic E-state index is 12.1. The van der Waals surface area contributed by atoms with Crippen molar-refractivity contribution in [2.24, 2.45) is 5.41 Å². The molecule has 0 aromatic rings. The summed E-state index contributed by atoms with van der Waals surface area (Å²) in [6.07, 6.45) is 1.02. The average molecular weight is 245 g/mol. The fraction of sp³-hybridized carbons (Fsp3) is 0.818. The van der Waals surface area contributed by atoms with E-state index in [0.29, 0.717) is 18.3 Å². The van der Waals surface area contributed by atoms with Crippen LogP contribution >= 0.6 is 11.8 Å². The smallest absolute Gasteiger partial charge is 0.318 e. The normalized spacial score (nSPS) is 21.9. The van der Waals surface area contributed by atoms with Crippen LogP contribution in [0.1, 0.15) is 27.2 Å². The molecule has 1 aliphatic heterocycles. The van der Waals surface area contributed by atoms with Crippen molar-refractivity contribution in [3.05, 3.63) is 0 Å². The number of aliphatic carboxylic acids is 1. The molecule has 0 aromatic carbocycles. The summed E-state index contributed by atoms with van der Waals surface area (Å²) < 4.78 is 0. The van der Waals surface area contributed by atoms with Gasteiger partial charge in [-0.25, -0.2) is 0 Å². The molecule has 0 radical (unpaired) electrons. The zero-order valence-electron chi connectivity index (χ0n) is 10.0. The SMILES string of the molecule is CCC1CN(C(=O)C(C)(C)C(=O)O)CCS1. The summed E-state index contributed by atoms with van der Waals surface area (Å²) in [5.41, 5.74) is -1.31. The molecule has 1 unspecified atom stereocenters. The van der Waals surface area contributed by atoms with Crippen molar-refractivity contribution in [3.63, 3.8) is 0 Å². The number of carbonyl (C=O) groups is 2. The minimum absolute atomic E-state index is 0.265. The van der Waals surface area contributed by atoms with E-state index in [1.54, 1.807) is 4.90 Å². The van der Waals surface area contributed by atoms with Gasteiger partial charge >= 0.3 is 5.97 Å². The van der Waals surface area contributed by atoms with E-state index in [0.717, 1.165) is 12.2 Å². The quantitative estimate of drug-likeness (QED) is 0.765.